The Bertz CT molecular complexity index is 243. The van der Waals surface area contributed by atoms with Crippen LogP contribution < -0.4 is 0 Å². The molecule has 106 valence electrons. The summed E-state index contributed by atoms with van der Waals surface area (Å²) in [4.78, 5) is 2.62. The van der Waals surface area contributed by atoms with Gasteiger partial charge in [0.05, 0.1) is 6.10 Å². The molecular formula is C16H31NO. The molecule has 1 aliphatic heterocycles. The molecule has 1 heterocycles. The average Bonchev–Trinajstić information content (AvgIpc) is 2.80. The molecule has 0 amide bonds. The van der Waals surface area contributed by atoms with Gasteiger partial charge in [-0.2, -0.15) is 0 Å². The van der Waals surface area contributed by atoms with E-state index < -0.39 is 0 Å². The van der Waals surface area contributed by atoms with Gasteiger partial charge in [0.2, 0.25) is 0 Å². The highest BCUT2D eigenvalue weighted by atomic mass is 16.3. The highest BCUT2D eigenvalue weighted by molar-refractivity contribution is 4.84. The summed E-state index contributed by atoms with van der Waals surface area (Å²) in [6, 6.07) is 0. The van der Waals surface area contributed by atoms with Crippen LogP contribution in [0.1, 0.15) is 58.8 Å². The monoisotopic (exact) mass is 253 g/mol. The van der Waals surface area contributed by atoms with E-state index in [-0.39, 0.29) is 6.10 Å². The zero-order valence-electron chi connectivity index (χ0n) is 12.3. The van der Waals surface area contributed by atoms with Crippen LogP contribution in [0.3, 0.4) is 0 Å². The van der Waals surface area contributed by atoms with E-state index in [1.807, 2.05) is 0 Å². The van der Waals surface area contributed by atoms with Crippen molar-refractivity contribution in [2.45, 2.75) is 64.9 Å². The first-order chi connectivity index (χ1) is 8.72. The molecule has 0 aromatic rings. The fraction of sp³-hybridized carbons (Fsp3) is 1.00. The number of likely N-dealkylation sites (tertiary alicyclic amines) is 1. The van der Waals surface area contributed by atoms with Gasteiger partial charge in [-0.3, -0.25) is 0 Å². The van der Waals surface area contributed by atoms with Crippen LogP contribution in [-0.4, -0.2) is 35.7 Å². The van der Waals surface area contributed by atoms with Gasteiger partial charge in [-0.05, 0) is 56.4 Å². The lowest BCUT2D eigenvalue weighted by Crippen LogP contribution is -2.38. The summed E-state index contributed by atoms with van der Waals surface area (Å²) < 4.78 is 0. The molecule has 0 aromatic heterocycles. The van der Waals surface area contributed by atoms with Crippen LogP contribution in [0, 0.1) is 17.8 Å². The van der Waals surface area contributed by atoms with E-state index in [0.717, 1.165) is 24.8 Å². The summed E-state index contributed by atoms with van der Waals surface area (Å²) in [6.07, 6.45) is 8.89. The molecule has 2 fully saturated rings. The molecule has 0 aromatic carbocycles. The number of hydrogen-bond donors (Lipinski definition) is 1. The molecule has 2 heteroatoms. The Balaban J connectivity index is 1.78. The largest absolute Gasteiger partial charge is 0.393 e. The molecule has 2 aliphatic rings. The van der Waals surface area contributed by atoms with Crippen LogP contribution in [0.15, 0.2) is 0 Å². The van der Waals surface area contributed by atoms with Gasteiger partial charge in [0.15, 0.2) is 0 Å². The fourth-order valence-electron chi connectivity index (χ4n) is 3.97. The maximum absolute atomic E-state index is 10.2. The van der Waals surface area contributed by atoms with Crippen molar-refractivity contribution in [3.63, 3.8) is 0 Å². The average molecular weight is 253 g/mol. The second kappa shape index (κ2) is 6.91. The van der Waals surface area contributed by atoms with Gasteiger partial charge >= 0.3 is 0 Å². The van der Waals surface area contributed by atoms with E-state index in [4.69, 9.17) is 0 Å². The summed E-state index contributed by atoms with van der Waals surface area (Å²) >= 11 is 0. The van der Waals surface area contributed by atoms with Crippen molar-refractivity contribution in [3.05, 3.63) is 0 Å². The molecule has 0 bridgehead atoms. The Labute approximate surface area is 113 Å². The van der Waals surface area contributed by atoms with Crippen molar-refractivity contribution < 1.29 is 5.11 Å². The first-order valence-corrected chi connectivity index (χ1v) is 8.13. The third-order valence-corrected chi connectivity index (χ3v) is 5.19. The highest BCUT2D eigenvalue weighted by Gasteiger charge is 2.31. The van der Waals surface area contributed by atoms with Crippen molar-refractivity contribution in [2.24, 2.45) is 17.8 Å². The molecule has 18 heavy (non-hydrogen) atoms. The van der Waals surface area contributed by atoms with Gasteiger partial charge in [0.25, 0.3) is 0 Å². The zero-order chi connectivity index (χ0) is 13.0. The minimum absolute atomic E-state index is 0.0296. The Morgan fingerprint density at radius 3 is 2.67 bits per heavy atom. The number of nitrogens with zero attached hydrogens (tertiary/aromatic N) is 1. The van der Waals surface area contributed by atoms with Gasteiger partial charge in [0, 0.05) is 13.1 Å². The molecule has 4 atom stereocenters. The first-order valence-electron chi connectivity index (χ1n) is 8.13. The molecular weight excluding hydrogens is 222 g/mol. The quantitative estimate of drug-likeness (QED) is 0.812. The van der Waals surface area contributed by atoms with Crippen LogP contribution in [0.4, 0.5) is 0 Å². The second-order valence-corrected chi connectivity index (χ2v) is 6.62. The Hall–Kier alpha value is -0.0800. The molecule has 0 radical (unpaired) electrons. The zero-order valence-corrected chi connectivity index (χ0v) is 12.3. The molecule has 1 aliphatic carbocycles. The second-order valence-electron chi connectivity index (χ2n) is 6.62. The summed E-state index contributed by atoms with van der Waals surface area (Å²) in [5.74, 6) is 2.34. The molecule has 1 saturated carbocycles. The van der Waals surface area contributed by atoms with E-state index in [1.54, 1.807) is 0 Å². The third-order valence-electron chi connectivity index (χ3n) is 5.19. The van der Waals surface area contributed by atoms with Crippen molar-refractivity contribution in [1.82, 2.24) is 4.90 Å². The lowest BCUT2D eigenvalue weighted by Gasteiger charge is -2.35. The number of hydrogen-bond acceptors (Lipinski definition) is 2. The fourth-order valence-corrected chi connectivity index (χ4v) is 3.97. The van der Waals surface area contributed by atoms with E-state index in [0.29, 0.717) is 5.92 Å². The normalized spacial score (nSPS) is 38.2. The Morgan fingerprint density at radius 2 is 1.94 bits per heavy atom. The smallest absolute Gasteiger partial charge is 0.0580 e. The molecule has 1 N–H and O–H groups in total. The highest BCUT2D eigenvalue weighted by Crippen LogP contribution is 2.33. The number of aliphatic hydroxyl groups is 1. The van der Waals surface area contributed by atoms with Gasteiger partial charge in [-0.15, -0.1) is 0 Å². The minimum atomic E-state index is -0.0296. The van der Waals surface area contributed by atoms with Crippen LogP contribution in [0.25, 0.3) is 0 Å². The standard InChI is InChI=1S/C16H31NO/c1-3-5-14-8-9-17(11-14)12-15-10-13(4-2)6-7-16(15)18/h13-16,18H,3-12H2,1-2H3. The van der Waals surface area contributed by atoms with E-state index in [1.165, 1.54) is 51.6 Å². The van der Waals surface area contributed by atoms with Crippen LogP contribution in [0.5, 0.6) is 0 Å². The van der Waals surface area contributed by atoms with Crippen molar-refractivity contribution in [2.75, 3.05) is 19.6 Å². The van der Waals surface area contributed by atoms with Gasteiger partial charge in [0.1, 0.15) is 0 Å². The maximum Gasteiger partial charge on any atom is 0.0580 e. The van der Waals surface area contributed by atoms with E-state index in [9.17, 15) is 5.11 Å². The summed E-state index contributed by atoms with van der Waals surface area (Å²) in [5.41, 5.74) is 0. The predicted octanol–water partition coefficient (Wildman–Crippen LogP) is 3.30. The van der Waals surface area contributed by atoms with Crippen molar-refractivity contribution >= 4 is 0 Å². The number of rotatable bonds is 5. The van der Waals surface area contributed by atoms with Gasteiger partial charge in [-0.1, -0.05) is 26.7 Å². The Morgan fingerprint density at radius 1 is 1.11 bits per heavy atom. The molecule has 2 rings (SSSR count). The molecule has 1 saturated heterocycles. The predicted molar refractivity (Wildman–Crippen MR) is 76.6 cm³/mol. The molecule has 0 spiro atoms. The van der Waals surface area contributed by atoms with Crippen LogP contribution >= 0.6 is 0 Å². The first kappa shape index (κ1) is 14.3. The van der Waals surface area contributed by atoms with Gasteiger partial charge < -0.3 is 10.0 Å². The molecule has 2 nitrogen and oxygen atoms in total. The minimum Gasteiger partial charge on any atom is -0.393 e. The van der Waals surface area contributed by atoms with E-state index >= 15 is 0 Å². The van der Waals surface area contributed by atoms with Crippen molar-refractivity contribution in [3.8, 4) is 0 Å². The third kappa shape index (κ3) is 3.71. The Kier molecular flexibility index (Phi) is 5.50. The summed E-state index contributed by atoms with van der Waals surface area (Å²) in [5, 5.41) is 10.2. The summed E-state index contributed by atoms with van der Waals surface area (Å²) in [7, 11) is 0. The SMILES string of the molecule is CCCC1CCN(CC2CC(CC)CCC2O)C1. The van der Waals surface area contributed by atoms with Crippen molar-refractivity contribution in [1.29, 1.82) is 0 Å². The maximum atomic E-state index is 10.2. The van der Waals surface area contributed by atoms with Crippen LogP contribution in [-0.2, 0) is 0 Å². The van der Waals surface area contributed by atoms with Crippen LogP contribution in [0.2, 0.25) is 0 Å². The van der Waals surface area contributed by atoms with E-state index in [2.05, 4.69) is 18.7 Å². The van der Waals surface area contributed by atoms with Gasteiger partial charge in [-0.25, -0.2) is 0 Å². The topological polar surface area (TPSA) is 23.5 Å². The lowest BCUT2D eigenvalue weighted by molar-refractivity contribution is 0.0300. The lowest BCUT2D eigenvalue weighted by atomic mass is 9.78. The summed E-state index contributed by atoms with van der Waals surface area (Å²) in [6.45, 7) is 8.29. The number of aliphatic hydroxyl groups excluding tert-OH is 1. The molecule has 4 unspecified atom stereocenters.